The first-order valence-electron chi connectivity index (χ1n) is 10.5. The molecule has 0 aliphatic carbocycles. The molecule has 0 saturated carbocycles. The molecule has 160 valence electrons. The number of ether oxygens (including phenoxy) is 2. The Labute approximate surface area is 182 Å². The van der Waals surface area contributed by atoms with E-state index < -0.39 is 0 Å². The first kappa shape index (κ1) is 20.8. The summed E-state index contributed by atoms with van der Waals surface area (Å²) in [6.07, 6.45) is 1.90. The van der Waals surface area contributed by atoms with E-state index in [9.17, 15) is 9.90 Å². The Morgan fingerprint density at radius 2 is 1.77 bits per heavy atom. The number of carbonyl (C=O) groups excluding carboxylic acids is 1. The van der Waals surface area contributed by atoms with Crippen LogP contribution in [-0.2, 0) is 11.3 Å². The number of hydrogen-bond acceptors (Lipinski definition) is 4. The minimum atomic E-state index is -0.275. The Balaban J connectivity index is 1.52. The third-order valence-electron chi connectivity index (χ3n) is 5.19. The molecule has 1 atom stereocenters. The number of phenolic OH excluding ortho intramolecular Hbond substituents is 1. The summed E-state index contributed by atoms with van der Waals surface area (Å²) >= 11 is 0. The average Bonchev–Trinajstić information content (AvgIpc) is 3.30. The number of aromatic hydroxyl groups is 1. The van der Waals surface area contributed by atoms with E-state index in [-0.39, 0.29) is 24.4 Å². The highest BCUT2D eigenvalue weighted by Gasteiger charge is 2.24. The van der Waals surface area contributed by atoms with Crippen LogP contribution in [0.4, 0.5) is 10.5 Å². The van der Waals surface area contributed by atoms with Gasteiger partial charge in [0, 0.05) is 18.7 Å². The van der Waals surface area contributed by atoms with Gasteiger partial charge in [0.1, 0.15) is 11.5 Å². The lowest BCUT2D eigenvalue weighted by molar-refractivity contribution is 0.0817. The summed E-state index contributed by atoms with van der Waals surface area (Å²) in [4.78, 5) is 14.9. The smallest absolute Gasteiger partial charge is 0.322 e. The van der Waals surface area contributed by atoms with Crippen molar-refractivity contribution in [2.75, 3.05) is 18.5 Å². The van der Waals surface area contributed by atoms with E-state index in [0.29, 0.717) is 35.9 Å². The molecule has 1 heterocycles. The van der Waals surface area contributed by atoms with E-state index in [0.717, 1.165) is 12.8 Å². The summed E-state index contributed by atoms with van der Waals surface area (Å²) in [6, 6.07) is 23.5. The fraction of sp³-hybridized carbons (Fsp3) is 0.240. The molecule has 6 nitrogen and oxygen atoms in total. The van der Waals surface area contributed by atoms with E-state index in [1.54, 1.807) is 23.1 Å². The van der Waals surface area contributed by atoms with Gasteiger partial charge in [-0.1, -0.05) is 48.5 Å². The van der Waals surface area contributed by atoms with Crippen LogP contribution in [0.5, 0.6) is 17.2 Å². The molecule has 4 rings (SSSR count). The highest BCUT2D eigenvalue weighted by molar-refractivity contribution is 5.91. The summed E-state index contributed by atoms with van der Waals surface area (Å²) in [5.41, 5.74) is 1.26. The monoisotopic (exact) mass is 418 g/mol. The molecule has 1 aliphatic heterocycles. The Kier molecular flexibility index (Phi) is 6.69. The van der Waals surface area contributed by atoms with Crippen LogP contribution in [0.3, 0.4) is 0 Å². The molecular formula is C25H26N2O4. The maximum absolute atomic E-state index is 13.2. The number of nitrogens with one attached hydrogen (secondary N) is 1. The second-order valence-electron chi connectivity index (χ2n) is 7.49. The van der Waals surface area contributed by atoms with Gasteiger partial charge in [-0.15, -0.1) is 0 Å². The highest BCUT2D eigenvalue weighted by Crippen LogP contribution is 2.30. The number of phenols is 1. The molecule has 6 heteroatoms. The van der Waals surface area contributed by atoms with Crippen molar-refractivity contribution < 1.29 is 19.4 Å². The molecule has 2 N–H and O–H groups in total. The molecule has 0 bridgehead atoms. The number of nitrogens with zero attached hydrogens (tertiary/aromatic N) is 1. The first-order chi connectivity index (χ1) is 15.2. The largest absolute Gasteiger partial charge is 0.508 e. The summed E-state index contributed by atoms with van der Waals surface area (Å²) in [6.45, 7) is 1.44. The zero-order chi connectivity index (χ0) is 21.5. The summed E-state index contributed by atoms with van der Waals surface area (Å²) < 4.78 is 11.7. The number of para-hydroxylation sites is 4. The number of carbonyl (C=O) groups is 1. The SMILES string of the molecule is O=C(Nc1ccccc1Oc1ccccc1)N(Cc1ccccc1O)C[C@H]1CCCO1. The van der Waals surface area contributed by atoms with Crippen LogP contribution in [0.1, 0.15) is 18.4 Å². The van der Waals surface area contributed by atoms with Crippen LogP contribution in [0.15, 0.2) is 78.9 Å². The zero-order valence-electron chi connectivity index (χ0n) is 17.2. The number of urea groups is 1. The molecule has 3 aromatic rings. The van der Waals surface area contributed by atoms with Gasteiger partial charge in [0.15, 0.2) is 5.75 Å². The first-order valence-corrected chi connectivity index (χ1v) is 10.5. The molecule has 31 heavy (non-hydrogen) atoms. The number of anilines is 1. The van der Waals surface area contributed by atoms with Crippen molar-refractivity contribution in [3.8, 4) is 17.2 Å². The van der Waals surface area contributed by atoms with Crippen molar-refractivity contribution >= 4 is 11.7 Å². The lowest BCUT2D eigenvalue weighted by atomic mass is 10.1. The van der Waals surface area contributed by atoms with Crippen LogP contribution in [0.25, 0.3) is 0 Å². The molecule has 2 amide bonds. The van der Waals surface area contributed by atoms with Crippen LogP contribution < -0.4 is 10.1 Å². The quantitative estimate of drug-likeness (QED) is 0.539. The molecule has 1 aliphatic rings. The van der Waals surface area contributed by atoms with E-state index in [1.165, 1.54) is 0 Å². The van der Waals surface area contributed by atoms with Gasteiger partial charge < -0.3 is 24.8 Å². The molecule has 1 fully saturated rings. The van der Waals surface area contributed by atoms with Crippen LogP contribution in [-0.4, -0.2) is 35.3 Å². The van der Waals surface area contributed by atoms with Crippen LogP contribution in [0, 0.1) is 0 Å². The fourth-order valence-corrected chi connectivity index (χ4v) is 3.57. The van der Waals surface area contributed by atoms with Crippen molar-refractivity contribution in [2.45, 2.75) is 25.5 Å². The lowest BCUT2D eigenvalue weighted by Gasteiger charge is -2.26. The molecule has 0 unspecified atom stereocenters. The maximum atomic E-state index is 13.2. The number of hydrogen-bond donors (Lipinski definition) is 2. The van der Waals surface area contributed by atoms with Gasteiger partial charge in [0.05, 0.1) is 18.3 Å². The number of amides is 2. The van der Waals surface area contributed by atoms with Gasteiger partial charge in [-0.05, 0) is 43.2 Å². The summed E-state index contributed by atoms with van der Waals surface area (Å²) in [5.74, 6) is 1.41. The van der Waals surface area contributed by atoms with Crippen LogP contribution in [0.2, 0.25) is 0 Å². The molecule has 3 aromatic carbocycles. The van der Waals surface area contributed by atoms with Gasteiger partial charge in [0.2, 0.25) is 0 Å². The van der Waals surface area contributed by atoms with Gasteiger partial charge in [0.25, 0.3) is 0 Å². The van der Waals surface area contributed by atoms with Gasteiger partial charge in [-0.25, -0.2) is 4.79 Å². The van der Waals surface area contributed by atoms with Gasteiger partial charge in [-0.2, -0.15) is 0 Å². The highest BCUT2D eigenvalue weighted by atomic mass is 16.5. The van der Waals surface area contributed by atoms with Gasteiger partial charge >= 0.3 is 6.03 Å². The minimum absolute atomic E-state index is 0.00702. The van der Waals surface area contributed by atoms with E-state index in [4.69, 9.17) is 9.47 Å². The second kappa shape index (κ2) is 10.00. The van der Waals surface area contributed by atoms with Crippen molar-refractivity contribution in [3.63, 3.8) is 0 Å². The van der Waals surface area contributed by atoms with Crippen molar-refractivity contribution in [3.05, 3.63) is 84.4 Å². The third-order valence-corrected chi connectivity index (χ3v) is 5.19. The van der Waals surface area contributed by atoms with Gasteiger partial charge in [-0.3, -0.25) is 0 Å². The van der Waals surface area contributed by atoms with Crippen molar-refractivity contribution in [2.24, 2.45) is 0 Å². The molecule has 0 spiro atoms. The van der Waals surface area contributed by atoms with E-state index in [2.05, 4.69) is 5.32 Å². The Morgan fingerprint density at radius 3 is 2.55 bits per heavy atom. The van der Waals surface area contributed by atoms with E-state index in [1.807, 2.05) is 60.7 Å². The zero-order valence-corrected chi connectivity index (χ0v) is 17.2. The topological polar surface area (TPSA) is 71.0 Å². The minimum Gasteiger partial charge on any atom is -0.508 e. The maximum Gasteiger partial charge on any atom is 0.322 e. The standard InChI is InChI=1S/C25H26N2O4/c28-23-14-6-4-9-19(23)17-27(18-21-12-8-16-30-21)25(29)26-22-13-5-7-15-24(22)31-20-10-2-1-3-11-20/h1-7,9-11,13-15,21,28H,8,12,16-18H2,(H,26,29)/t21-/m1/s1. The number of benzene rings is 3. The predicted octanol–water partition coefficient (Wildman–Crippen LogP) is 5.40. The average molecular weight is 418 g/mol. The molecule has 0 radical (unpaired) electrons. The third kappa shape index (κ3) is 5.55. The van der Waals surface area contributed by atoms with Crippen LogP contribution >= 0.6 is 0 Å². The van der Waals surface area contributed by atoms with Crippen molar-refractivity contribution in [1.82, 2.24) is 4.90 Å². The fourth-order valence-electron chi connectivity index (χ4n) is 3.57. The van der Waals surface area contributed by atoms with E-state index >= 15 is 0 Å². The normalized spacial score (nSPS) is 15.4. The number of rotatable bonds is 7. The Bertz CT molecular complexity index is 1000. The summed E-state index contributed by atoms with van der Waals surface area (Å²) in [5, 5.41) is 13.2. The molecule has 0 aromatic heterocycles. The molecular weight excluding hydrogens is 392 g/mol. The Morgan fingerprint density at radius 1 is 1.03 bits per heavy atom. The Hall–Kier alpha value is -3.51. The second-order valence-corrected chi connectivity index (χ2v) is 7.49. The van der Waals surface area contributed by atoms with Crippen molar-refractivity contribution in [1.29, 1.82) is 0 Å². The predicted molar refractivity (Wildman–Crippen MR) is 119 cm³/mol. The molecule has 1 saturated heterocycles. The summed E-state index contributed by atoms with van der Waals surface area (Å²) in [7, 11) is 0. The lowest BCUT2D eigenvalue weighted by Crippen LogP contribution is -2.39.